The first kappa shape index (κ1) is 6.27. The Bertz CT molecular complexity index is 222. The SMILES string of the molecule is [B]c1cnc(C)nc1C. The molecule has 0 spiro atoms. The average Bonchev–Trinajstić information content (AvgIpc) is 1.80. The molecular formula is C6H7BN2. The minimum Gasteiger partial charge on any atom is -0.242 e. The van der Waals surface area contributed by atoms with Crippen LogP contribution in [0, 0.1) is 13.8 Å². The van der Waals surface area contributed by atoms with Gasteiger partial charge in [-0.3, -0.25) is 0 Å². The maximum absolute atomic E-state index is 5.46. The molecule has 0 aliphatic carbocycles. The van der Waals surface area contributed by atoms with E-state index in [0.717, 1.165) is 11.5 Å². The molecule has 0 N–H and O–H groups in total. The monoisotopic (exact) mass is 118 g/mol. The number of hydrogen-bond acceptors (Lipinski definition) is 2. The Labute approximate surface area is 55.8 Å². The Morgan fingerprint density at radius 2 is 2.11 bits per heavy atom. The molecule has 1 aromatic rings. The maximum Gasteiger partial charge on any atom is 0.125 e. The number of hydrogen-bond donors (Lipinski definition) is 0. The van der Waals surface area contributed by atoms with Crippen LogP contribution in [-0.4, -0.2) is 17.8 Å². The zero-order valence-corrected chi connectivity index (χ0v) is 5.55. The van der Waals surface area contributed by atoms with Gasteiger partial charge in [-0.2, -0.15) is 0 Å². The van der Waals surface area contributed by atoms with Gasteiger partial charge in [0.1, 0.15) is 13.7 Å². The van der Waals surface area contributed by atoms with Crippen LogP contribution in [0.1, 0.15) is 11.5 Å². The molecule has 0 atom stereocenters. The molecule has 0 saturated carbocycles. The second-order valence-corrected chi connectivity index (χ2v) is 1.96. The summed E-state index contributed by atoms with van der Waals surface area (Å²) in [4.78, 5) is 7.94. The molecule has 0 saturated heterocycles. The summed E-state index contributed by atoms with van der Waals surface area (Å²) in [6, 6.07) is 0. The highest BCUT2D eigenvalue weighted by molar-refractivity contribution is 6.32. The van der Waals surface area contributed by atoms with Gasteiger partial charge in [-0.25, -0.2) is 9.97 Å². The highest BCUT2D eigenvalue weighted by atomic mass is 14.9. The summed E-state index contributed by atoms with van der Waals surface area (Å²) in [7, 11) is 5.46. The molecule has 0 amide bonds. The van der Waals surface area contributed by atoms with Gasteiger partial charge < -0.3 is 0 Å². The highest BCUT2D eigenvalue weighted by Crippen LogP contribution is 1.85. The number of nitrogens with zero attached hydrogens (tertiary/aromatic N) is 2. The van der Waals surface area contributed by atoms with E-state index in [-0.39, 0.29) is 0 Å². The molecule has 1 heterocycles. The van der Waals surface area contributed by atoms with Gasteiger partial charge in [-0.1, -0.05) is 5.46 Å². The summed E-state index contributed by atoms with van der Waals surface area (Å²) in [5.41, 5.74) is 1.50. The third-order valence-corrected chi connectivity index (χ3v) is 1.14. The first-order valence-electron chi connectivity index (χ1n) is 2.76. The molecule has 0 bridgehead atoms. The van der Waals surface area contributed by atoms with Crippen molar-refractivity contribution < 1.29 is 0 Å². The summed E-state index contributed by atoms with van der Waals surface area (Å²) in [5, 5.41) is 0. The predicted octanol–water partition coefficient (Wildman–Crippen LogP) is -0.113. The minimum absolute atomic E-state index is 0.653. The fourth-order valence-corrected chi connectivity index (χ4v) is 0.592. The standard InChI is InChI=1S/C6H7BN2/c1-4-6(7)3-8-5(2)9-4/h3H,1-2H3. The first-order chi connectivity index (χ1) is 4.20. The molecule has 1 aromatic heterocycles. The fraction of sp³-hybridized carbons (Fsp3) is 0.333. The first-order valence-corrected chi connectivity index (χ1v) is 2.76. The Hall–Kier alpha value is -0.855. The Morgan fingerprint density at radius 3 is 2.56 bits per heavy atom. The van der Waals surface area contributed by atoms with Crippen LogP contribution in [0.4, 0.5) is 0 Å². The van der Waals surface area contributed by atoms with Crippen molar-refractivity contribution in [1.82, 2.24) is 9.97 Å². The second kappa shape index (κ2) is 2.17. The van der Waals surface area contributed by atoms with E-state index >= 15 is 0 Å². The van der Waals surface area contributed by atoms with Gasteiger partial charge in [0.2, 0.25) is 0 Å². The van der Waals surface area contributed by atoms with Gasteiger partial charge in [-0.15, -0.1) is 0 Å². The van der Waals surface area contributed by atoms with Crippen LogP contribution >= 0.6 is 0 Å². The van der Waals surface area contributed by atoms with Crippen molar-refractivity contribution in [2.45, 2.75) is 13.8 Å². The molecule has 44 valence electrons. The van der Waals surface area contributed by atoms with Crippen molar-refractivity contribution in [3.05, 3.63) is 17.7 Å². The molecule has 0 aromatic carbocycles. The molecule has 0 aliphatic rings. The van der Waals surface area contributed by atoms with Crippen molar-refractivity contribution in [2.75, 3.05) is 0 Å². The van der Waals surface area contributed by atoms with E-state index in [1.165, 1.54) is 0 Å². The second-order valence-electron chi connectivity index (χ2n) is 1.96. The summed E-state index contributed by atoms with van der Waals surface area (Å²) >= 11 is 0. The third-order valence-electron chi connectivity index (χ3n) is 1.14. The highest BCUT2D eigenvalue weighted by Gasteiger charge is 1.91. The zero-order chi connectivity index (χ0) is 6.85. The van der Waals surface area contributed by atoms with E-state index in [1.54, 1.807) is 6.20 Å². The molecule has 0 aliphatic heterocycles. The quantitative estimate of drug-likeness (QED) is 0.444. The third kappa shape index (κ3) is 1.28. The van der Waals surface area contributed by atoms with Gasteiger partial charge in [0, 0.05) is 11.9 Å². The van der Waals surface area contributed by atoms with Gasteiger partial charge in [0.15, 0.2) is 0 Å². The lowest BCUT2D eigenvalue weighted by Crippen LogP contribution is -2.11. The molecule has 9 heavy (non-hydrogen) atoms. The van der Waals surface area contributed by atoms with E-state index in [1.807, 2.05) is 13.8 Å². The maximum atomic E-state index is 5.46. The largest absolute Gasteiger partial charge is 0.242 e. The molecule has 1 rings (SSSR count). The average molecular weight is 118 g/mol. The minimum atomic E-state index is 0.653. The fourth-order valence-electron chi connectivity index (χ4n) is 0.592. The van der Waals surface area contributed by atoms with Gasteiger partial charge >= 0.3 is 0 Å². The van der Waals surface area contributed by atoms with E-state index in [0.29, 0.717) is 5.46 Å². The van der Waals surface area contributed by atoms with Gasteiger partial charge in [0.25, 0.3) is 0 Å². The van der Waals surface area contributed by atoms with Crippen molar-refractivity contribution in [3.63, 3.8) is 0 Å². The number of rotatable bonds is 0. The topological polar surface area (TPSA) is 25.8 Å². The summed E-state index contributed by atoms with van der Waals surface area (Å²) in [5.74, 6) is 0.765. The van der Waals surface area contributed by atoms with Crippen LogP contribution in [0.25, 0.3) is 0 Å². The van der Waals surface area contributed by atoms with Crippen LogP contribution in [0.5, 0.6) is 0 Å². The Kier molecular flexibility index (Phi) is 1.51. The van der Waals surface area contributed by atoms with E-state index in [4.69, 9.17) is 7.85 Å². The molecule has 3 heteroatoms. The van der Waals surface area contributed by atoms with Crippen LogP contribution < -0.4 is 5.46 Å². The van der Waals surface area contributed by atoms with Crippen molar-refractivity contribution >= 4 is 13.3 Å². The van der Waals surface area contributed by atoms with Gasteiger partial charge in [-0.05, 0) is 13.8 Å². The van der Waals surface area contributed by atoms with Crippen molar-refractivity contribution in [3.8, 4) is 0 Å². The smallest absolute Gasteiger partial charge is 0.125 e. The van der Waals surface area contributed by atoms with E-state index in [9.17, 15) is 0 Å². The normalized spacial score (nSPS) is 9.56. The molecule has 2 radical (unpaired) electrons. The number of aromatic nitrogens is 2. The Balaban J connectivity index is 3.17. The lowest BCUT2D eigenvalue weighted by molar-refractivity contribution is 1.02. The summed E-state index contributed by atoms with van der Waals surface area (Å²) in [6.45, 7) is 3.70. The van der Waals surface area contributed by atoms with Gasteiger partial charge in [0.05, 0.1) is 0 Å². The summed E-state index contributed by atoms with van der Waals surface area (Å²) in [6.07, 6.45) is 1.62. The van der Waals surface area contributed by atoms with Crippen LogP contribution in [0.2, 0.25) is 0 Å². The molecule has 0 unspecified atom stereocenters. The van der Waals surface area contributed by atoms with E-state index < -0.39 is 0 Å². The number of aryl methyl sites for hydroxylation is 2. The van der Waals surface area contributed by atoms with E-state index in [2.05, 4.69) is 9.97 Å². The van der Waals surface area contributed by atoms with Crippen molar-refractivity contribution in [2.24, 2.45) is 0 Å². The van der Waals surface area contributed by atoms with Crippen LogP contribution in [-0.2, 0) is 0 Å². The molecule has 2 nitrogen and oxygen atoms in total. The zero-order valence-electron chi connectivity index (χ0n) is 5.55. The predicted molar refractivity (Wildman–Crippen MR) is 36.9 cm³/mol. The molecular weight excluding hydrogens is 111 g/mol. The lowest BCUT2D eigenvalue weighted by Gasteiger charge is -1.96. The molecule has 0 fully saturated rings. The lowest BCUT2D eigenvalue weighted by atomic mass is 9.97. The Morgan fingerprint density at radius 1 is 1.44 bits per heavy atom. The van der Waals surface area contributed by atoms with Crippen LogP contribution in [0.15, 0.2) is 6.20 Å². The summed E-state index contributed by atoms with van der Waals surface area (Å²) < 4.78 is 0. The van der Waals surface area contributed by atoms with Crippen LogP contribution in [0.3, 0.4) is 0 Å². The van der Waals surface area contributed by atoms with Crippen molar-refractivity contribution in [1.29, 1.82) is 0 Å².